The summed E-state index contributed by atoms with van der Waals surface area (Å²) in [6.07, 6.45) is 1.89. The molecule has 0 radical (unpaired) electrons. The van der Waals surface area contributed by atoms with Crippen molar-refractivity contribution < 1.29 is 4.79 Å². The Labute approximate surface area is 183 Å². The molecule has 0 aliphatic heterocycles. The highest BCUT2D eigenvalue weighted by atomic mass is 127. The van der Waals surface area contributed by atoms with Crippen molar-refractivity contribution >= 4 is 47.4 Å². The second-order valence-corrected chi connectivity index (χ2v) is 6.85. The lowest BCUT2D eigenvalue weighted by atomic mass is 10.1. The summed E-state index contributed by atoms with van der Waals surface area (Å²) in [5.41, 5.74) is 2.87. The number of carbonyl (C=O) groups is 1. The van der Waals surface area contributed by atoms with Gasteiger partial charge in [-0.1, -0.05) is 23.7 Å². The first-order valence-electron chi connectivity index (χ1n) is 8.35. The minimum Gasteiger partial charge on any atom is -0.352 e. The van der Waals surface area contributed by atoms with Crippen LogP contribution in [0.25, 0.3) is 0 Å². The SMILES string of the molecule is CN=C(NCc1ccc(C(=O)N(C)C)cc1)N(C)Cc1cc(Cl)cn1C.I. The third-order valence-electron chi connectivity index (χ3n) is 4.10. The molecule has 0 fully saturated rings. The first-order chi connectivity index (χ1) is 12.3. The molecule has 2 rings (SSSR count). The van der Waals surface area contributed by atoms with Crippen LogP contribution < -0.4 is 5.32 Å². The number of guanidine groups is 1. The van der Waals surface area contributed by atoms with Gasteiger partial charge in [0.25, 0.3) is 5.91 Å². The van der Waals surface area contributed by atoms with Gasteiger partial charge in [0.05, 0.1) is 11.6 Å². The van der Waals surface area contributed by atoms with Crippen molar-refractivity contribution in [2.75, 3.05) is 28.2 Å². The molecule has 27 heavy (non-hydrogen) atoms. The topological polar surface area (TPSA) is 52.9 Å². The van der Waals surface area contributed by atoms with Crippen LogP contribution in [-0.4, -0.2) is 54.4 Å². The largest absolute Gasteiger partial charge is 0.352 e. The summed E-state index contributed by atoms with van der Waals surface area (Å²) >= 11 is 6.05. The van der Waals surface area contributed by atoms with Crippen molar-refractivity contribution in [2.45, 2.75) is 13.1 Å². The molecule has 1 heterocycles. The summed E-state index contributed by atoms with van der Waals surface area (Å²) < 4.78 is 2.01. The number of nitrogens with zero attached hydrogens (tertiary/aromatic N) is 4. The number of nitrogens with one attached hydrogen (secondary N) is 1. The molecule has 0 unspecified atom stereocenters. The summed E-state index contributed by atoms with van der Waals surface area (Å²) in [4.78, 5) is 19.9. The van der Waals surface area contributed by atoms with Crippen LogP contribution >= 0.6 is 35.6 Å². The van der Waals surface area contributed by atoms with Crippen LogP contribution in [0.4, 0.5) is 0 Å². The van der Waals surface area contributed by atoms with Gasteiger partial charge in [0.2, 0.25) is 0 Å². The zero-order valence-electron chi connectivity index (χ0n) is 16.4. The van der Waals surface area contributed by atoms with Gasteiger partial charge in [-0.2, -0.15) is 0 Å². The van der Waals surface area contributed by atoms with E-state index in [9.17, 15) is 4.79 Å². The Kier molecular flexibility index (Phi) is 9.11. The van der Waals surface area contributed by atoms with Gasteiger partial charge in [-0.05, 0) is 23.8 Å². The summed E-state index contributed by atoms with van der Waals surface area (Å²) in [6.45, 7) is 1.32. The van der Waals surface area contributed by atoms with E-state index in [4.69, 9.17) is 11.6 Å². The van der Waals surface area contributed by atoms with Gasteiger partial charge < -0.3 is 19.7 Å². The van der Waals surface area contributed by atoms with Crippen molar-refractivity contribution in [1.82, 2.24) is 19.7 Å². The lowest BCUT2D eigenvalue weighted by molar-refractivity contribution is 0.0827. The number of halogens is 2. The van der Waals surface area contributed by atoms with E-state index in [2.05, 4.69) is 10.3 Å². The molecular weight excluding hydrogens is 477 g/mol. The fourth-order valence-electron chi connectivity index (χ4n) is 2.63. The minimum atomic E-state index is 0. The summed E-state index contributed by atoms with van der Waals surface area (Å²) in [5, 5.41) is 4.07. The highest BCUT2D eigenvalue weighted by Gasteiger charge is 2.10. The van der Waals surface area contributed by atoms with Gasteiger partial charge in [-0.15, -0.1) is 24.0 Å². The second kappa shape index (κ2) is 10.6. The van der Waals surface area contributed by atoms with Crippen LogP contribution in [-0.2, 0) is 20.1 Å². The summed E-state index contributed by atoms with van der Waals surface area (Å²) in [6, 6.07) is 9.55. The van der Waals surface area contributed by atoms with Crippen molar-refractivity contribution in [1.29, 1.82) is 0 Å². The van der Waals surface area contributed by atoms with Crippen LogP contribution in [0.15, 0.2) is 41.5 Å². The normalized spacial score (nSPS) is 11.0. The number of aromatic nitrogens is 1. The van der Waals surface area contributed by atoms with Gasteiger partial charge in [-0.25, -0.2) is 0 Å². The number of hydrogen-bond acceptors (Lipinski definition) is 2. The third kappa shape index (κ3) is 6.42. The van der Waals surface area contributed by atoms with Crippen molar-refractivity contribution in [3.63, 3.8) is 0 Å². The Balaban J connectivity index is 0.00000364. The molecule has 1 aromatic heterocycles. The fraction of sp³-hybridized carbons (Fsp3) is 0.368. The molecule has 1 aromatic carbocycles. The van der Waals surface area contributed by atoms with Crippen molar-refractivity contribution in [3.05, 3.63) is 58.4 Å². The van der Waals surface area contributed by atoms with Crippen molar-refractivity contribution in [2.24, 2.45) is 12.0 Å². The molecule has 1 amide bonds. The number of amides is 1. The molecule has 2 aromatic rings. The lowest BCUT2D eigenvalue weighted by Crippen LogP contribution is -2.38. The standard InChI is InChI=1S/C19H26ClN5O.HI/c1-21-19(25(5)13-17-10-16(20)12-24(17)4)22-11-14-6-8-15(9-7-14)18(26)23(2)3;/h6-10,12H,11,13H2,1-5H3,(H,21,22);1H. The number of aliphatic imine (C=N–C) groups is 1. The Morgan fingerprint density at radius 1 is 1.22 bits per heavy atom. The average molecular weight is 504 g/mol. The third-order valence-corrected chi connectivity index (χ3v) is 4.31. The van der Waals surface area contributed by atoms with E-state index in [1.165, 1.54) is 0 Å². The Bertz CT molecular complexity index is 786. The zero-order chi connectivity index (χ0) is 19.3. The molecule has 1 N–H and O–H groups in total. The second-order valence-electron chi connectivity index (χ2n) is 6.41. The molecule has 0 aliphatic rings. The van der Waals surface area contributed by atoms with E-state index < -0.39 is 0 Å². The fourth-order valence-corrected chi connectivity index (χ4v) is 2.90. The summed E-state index contributed by atoms with van der Waals surface area (Å²) in [5.74, 6) is 0.789. The maximum absolute atomic E-state index is 11.9. The molecule has 0 spiro atoms. The smallest absolute Gasteiger partial charge is 0.253 e. The number of carbonyl (C=O) groups excluding carboxylic acids is 1. The highest BCUT2D eigenvalue weighted by Crippen LogP contribution is 2.14. The van der Waals surface area contributed by atoms with Crippen LogP contribution in [0, 0.1) is 0 Å². The zero-order valence-corrected chi connectivity index (χ0v) is 19.4. The molecule has 8 heteroatoms. The molecule has 0 atom stereocenters. The van der Waals surface area contributed by atoms with Gasteiger partial charge >= 0.3 is 0 Å². The molecule has 148 valence electrons. The van der Waals surface area contributed by atoms with Gasteiger partial charge in [0, 0.05) is 59.2 Å². The molecule has 0 bridgehead atoms. The van der Waals surface area contributed by atoms with E-state index in [0.717, 1.165) is 22.2 Å². The quantitative estimate of drug-likeness (QED) is 0.387. The summed E-state index contributed by atoms with van der Waals surface area (Å²) in [7, 11) is 9.21. The predicted octanol–water partition coefficient (Wildman–Crippen LogP) is 3.21. The maximum atomic E-state index is 11.9. The van der Waals surface area contributed by atoms with Crippen LogP contribution in [0.2, 0.25) is 5.02 Å². The molecule has 0 aliphatic carbocycles. The van der Waals surface area contributed by atoms with E-state index in [-0.39, 0.29) is 29.9 Å². The Morgan fingerprint density at radius 3 is 2.33 bits per heavy atom. The lowest BCUT2D eigenvalue weighted by Gasteiger charge is -2.22. The van der Waals surface area contributed by atoms with E-state index >= 15 is 0 Å². The molecule has 0 saturated heterocycles. The maximum Gasteiger partial charge on any atom is 0.253 e. The minimum absolute atomic E-state index is 0. The van der Waals surface area contributed by atoms with Gasteiger partial charge in [0.15, 0.2) is 5.96 Å². The van der Waals surface area contributed by atoms with E-state index in [0.29, 0.717) is 18.7 Å². The Morgan fingerprint density at radius 2 is 1.85 bits per heavy atom. The monoisotopic (exact) mass is 503 g/mol. The van der Waals surface area contributed by atoms with E-state index in [1.54, 1.807) is 26.0 Å². The van der Waals surface area contributed by atoms with Gasteiger partial charge in [-0.3, -0.25) is 9.79 Å². The number of rotatable bonds is 5. The van der Waals surface area contributed by atoms with E-state index in [1.807, 2.05) is 60.1 Å². The first-order valence-corrected chi connectivity index (χ1v) is 8.72. The number of benzene rings is 1. The Hall–Kier alpha value is -1.74. The van der Waals surface area contributed by atoms with Gasteiger partial charge in [0.1, 0.15) is 0 Å². The van der Waals surface area contributed by atoms with Crippen LogP contribution in [0.3, 0.4) is 0 Å². The van der Waals surface area contributed by atoms with Crippen LogP contribution in [0.5, 0.6) is 0 Å². The highest BCUT2D eigenvalue weighted by molar-refractivity contribution is 14.0. The first kappa shape index (κ1) is 23.3. The molecular formula is C19H27ClIN5O. The number of hydrogen-bond donors (Lipinski definition) is 1. The van der Waals surface area contributed by atoms with Crippen LogP contribution in [0.1, 0.15) is 21.6 Å². The number of aryl methyl sites for hydroxylation is 1. The van der Waals surface area contributed by atoms with Crippen molar-refractivity contribution in [3.8, 4) is 0 Å². The average Bonchev–Trinajstić information content (AvgIpc) is 2.92. The predicted molar refractivity (Wildman–Crippen MR) is 122 cm³/mol. The molecule has 6 nitrogen and oxygen atoms in total. The molecule has 0 saturated carbocycles.